The summed E-state index contributed by atoms with van der Waals surface area (Å²) in [4.78, 5) is 3.79. The zero-order valence-electron chi connectivity index (χ0n) is 10.7. The molecule has 100 valence electrons. The number of hydrogen-bond acceptors (Lipinski definition) is 4. The summed E-state index contributed by atoms with van der Waals surface area (Å²) in [5, 5.41) is 9.28. The number of hydrogen-bond donors (Lipinski definition) is 1. The Morgan fingerprint density at radius 3 is 2.63 bits per heavy atom. The molecule has 0 aliphatic carbocycles. The summed E-state index contributed by atoms with van der Waals surface area (Å²) in [6.07, 6.45) is 1.11. The number of aliphatic hydroxyl groups excluding tert-OH is 1. The van der Waals surface area contributed by atoms with Crippen molar-refractivity contribution in [1.82, 2.24) is 4.98 Å². The van der Waals surface area contributed by atoms with Crippen LogP contribution in [0.2, 0.25) is 0 Å². The Labute approximate surface area is 110 Å². The van der Waals surface area contributed by atoms with Gasteiger partial charge in [-0.25, -0.2) is 9.37 Å². The largest absolute Gasteiger partial charge is 0.496 e. The molecular formula is C14H14FNO3. The maximum atomic E-state index is 13.8. The first-order valence-corrected chi connectivity index (χ1v) is 5.67. The standard InChI is InChI=1S/C14H14FNO3/c1-18-13-4-3-9(5-10(13)8-17)11-6-14(19-2)16-7-12(11)15/h3-7,17H,8H2,1-2H3. The van der Waals surface area contributed by atoms with Crippen molar-refractivity contribution >= 4 is 0 Å². The monoisotopic (exact) mass is 263 g/mol. The SMILES string of the molecule is COc1cc(-c2ccc(OC)c(CO)c2)c(F)cn1. The van der Waals surface area contributed by atoms with Gasteiger partial charge in [0.15, 0.2) is 0 Å². The van der Waals surface area contributed by atoms with Crippen molar-refractivity contribution in [1.29, 1.82) is 0 Å². The molecule has 0 saturated carbocycles. The number of halogens is 1. The highest BCUT2D eigenvalue weighted by Gasteiger charge is 2.10. The number of aromatic nitrogens is 1. The number of benzene rings is 1. The summed E-state index contributed by atoms with van der Waals surface area (Å²) < 4.78 is 23.9. The predicted molar refractivity (Wildman–Crippen MR) is 68.7 cm³/mol. The van der Waals surface area contributed by atoms with Crippen LogP contribution in [-0.4, -0.2) is 24.3 Å². The average molecular weight is 263 g/mol. The lowest BCUT2D eigenvalue weighted by atomic mass is 10.0. The van der Waals surface area contributed by atoms with Crippen LogP contribution >= 0.6 is 0 Å². The van der Waals surface area contributed by atoms with E-state index in [0.29, 0.717) is 28.3 Å². The van der Waals surface area contributed by atoms with Gasteiger partial charge in [-0.1, -0.05) is 6.07 Å². The molecule has 5 heteroatoms. The molecule has 0 aliphatic rings. The first-order valence-electron chi connectivity index (χ1n) is 5.67. The van der Waals surface area contributed by atoms with Gasteiger partial charge in [-0.05, 0) is 17.7 Å². The van der Waals surface area contributed by atoms with E-state index in [9.17, 15) is 9.50 Å². The third-order valence-electron chi connectivity index (χ3n) is 2.80. The molecule has 2 rings (SSSR count). The van der Waals surface area contributed by atoms with Gasteiger partial charge in [0, 0.05) is 17.2 Å². The Morgan fingerprint density at radius 2 is 2.00 bits per heavy atom. The molecular weight excluding hydrogens is 249 g/mol. The topological polar surface area (TPSA) is 51.6 Å². The molecule has 1 heterocycles. The van der Waals surface area contributed by atoms with Crippen LogP contribution in [0.15, 0.2) is 30.5 Å². The molecule has 0 fully saturated rings. The summed E-state index contributed by atoms with van der Waals surface area (Å²) in [7, 11) is 2.99. The Balaban J connectivity index is 2.52. The van der Waals surface area contributed by atoms with E-state index in [1.165, 1.54) is 20.3 Å². The normalized spacial score (nSPS) is 10.3. The number of rotatable bonds is 4. The molecule has 0 atom stereocenters. The Morgan fingerprint density at radius 1 is 1.21 bits per heavy atom. The molecule has 4 nitrogen and oxygen atoms in total. The summed E-state index contributed by atoms with van der Waals surface area (Å²) in [5.74, 6) is 0.445. The van der Waals surface area contributed by atoms with Gasteiger partial charge in [0.05, 0.1) is 27.0 Å². The molecule has 0 spiro atoms. The second-order valence-corrected chi connectivity index (χ2v) is 3.89. The van der Waals surface area contributed by atoms with Gasteiger partial charge in [0.2, 0.25) is 5.88 Å². The summed E-state index contributed by atoms with van der Waals surface area (Å²) in [5.41, 5.74) is 1.59. The highest BCUT2D eigenvalue weighted by Crippen LogP contribution is 2.29. The highest BCUT2D eigenvalue weighted by atomic mass is 19.1. The van der Waals surface area contributed by atoms with Gasteiger partial charge in [0.1, 0.15) is 11.6 Å². The lowest BCUT2D eigenvalue weighted by Crippen LogP contribution is -1.95. The van der Waals surface area contributed by atoms with Crippen LogP contribution in [-0.2, 0) is 6.61 Å². The van der Waals surface area contributed by atoms with Crippen molar-refractivity contribution in [3.8, 4) is 22.8 Å². The Bertz CT molecular complexity index is 587. The fourth-order valence-corrected chi connectivity index (χ4v) is 1.82. The minimum absolute atomic E-state index is 0.180. The summed E-state index contributed by atoms with van der Waals surface area (Å²) in [6, 6.07) is 6.60. The molecule has 0 amide bonds. The van der Waals surface area contributed by atoms with Crippen LogP contribution in [0.5, 0.6) is 11.6 Å². The quantitative estimate of drug-likeness (QED) is 0.920. The molecule has 0 aliphatic heterocycles. The Kier molecular flexibility index (Phi) is 3.97. The first-order chi connectivity index (χ1) is 9.19. The maximum Gasteiger partial charge on any atom is 0.213 e. The average Bonchev–Trinajstić information content (AvgIpc) is 2.47. The van der Waals surface area contributed by atoms with Crippen LogP contribution in [0.1, 0.15) is 5.56 Å². The molecule has 1 aromatic heterocycles. The second-order valence-electron chi connectivity index (χ2n) is 3.89. The summed E-state index contributed by atoms with van der Waals surface area (Å²) in [6.45, 7) is -0.180. The molecule has 1 N–H and O–H groups in total. The number of pyridine rings is 1. The van der Waals surface area contributed by atoms with Crippen molar-refractivity contribution in [2.45, 2.75) is 6.61 Å². The second kappa shape index (κ2) is 5.67. The van der Waals surface area contributed by atoms with Crippen molar-refractivity contribution < 1.29 is 19.0 Å². The van der Waals surface area contributed by atoms with Crippen LogP contribution in [0.4, 0.5) is 4.39 Å². The van der Waals surface area contributed by atoms with Gasteiger partial charge >= 0.3 is 0 Å². The van der Waals surface area contributed by atoms with Gasteiger partial charge in [0.25, 0.3) is 0 Å². The van der Waals surface area contributed by atoms with Crippen LogP contribution in [0.25, 0.3) is 11.1 Å². The van der Waals surface area contributed by atoms with E-state index in [-0.39, 0.29) is 6.61 Å². The molecule has 0 saturated heterocycles. The lowest BCUT2D eigenvalue weighted by Gasteiger charge is -2.10. The van der Waals surface area contributed by atoms with Gasteiger partial charge in [-0.3, -0.25) is 0 Å². The van der Waals surface area contributed by atoms with E-state index in [1.54, 1.807) is 18.2 Å². The molecule has 19 heavy (non-hydrogen) atoms. The molecule has 0 unspecified atom stereocenters. The highest BCUT2D eigenvalue weighted by molar-refractivity contribution is 5.67. The van der Waals surface area contributed by atoms with Crippen molar-refractivity contribution in [3.63, 3.8) is 0 Å². The number of aliphatic hydroxyl groups is 1. The van der Waals surface area contributed by atoms with E-state index in [2.05, 4.69) is 4.98 Å². The van der Waals surface area contributed by atoms with Gasteiger partial charge < -0.3 is 14.6 Å². The molecule has 2 aromatic rings. The minimum Gasteiger partial charge on any atom is -0.496 e. The third-order valence-corrected chi connectivity index (χ3v) is 2.80. The van der Waals surface area contributed by atoms with E-state index in [1.807, 2.05) is 0 Å². The number of nitrogens with zero attached hydrogens (tertiary/aromatic N) is 1. The number of methoxy groups -OCH3 is 2. The van der Waals surface area contributed by atoms with Crippen molar-refractivity contribution in [2.24, 2.45) is 0 Å². The van der Waals surface area contributed by atoms with Crippen molar-refractivity contribution in [3.05, 3.63) is 41.8 Å². The molecule has 1 aromatic carbocycles. The summed E-state index contributed by atoms with van der Waals surface area (Å²) >= 11 is 0. The van der Waals surface area contributed by atoms with Gasteiger partial charge in [-0.2, -0.15) is 0 Å². The smallest absolute Gasteiger partial charge is 0.213 e. The van der Waals surface area contributed by atoms with Crippen LogP contribution in [0.3, 0.4) is 0 Å². The third kappa shape index (κ3) is 2.66. The van der Waals surface area contributed by atoms with Crippen LogP contribution < -0.4 is 9.47 Å². The van der Waals surface area contributed by atoms with E-state index < -0.39 is 5.82 Å². The Hall–Kier alpha value is -2.14. The zero-order chi connectivity index (χ0) is 13.8. The van der Waals surface area contributed by atoms with Gasteiger partial charge in [-0.15, -0.1) is 0 Å². The minimum atomic E-state index is -0.449. The fourth-order valence-electron chi connectivity index (χ4n) is 1.82. The fraction of sp³-hybridized carbons (Fsp3) is 0.214. The van der Waals surface area contributed by atoms with Crippen molar-refractivity contribution in [2.75, 3.05) is 14.2 Å². The molecule has 0 radical (unpaired) electrons. The molecule has 0 bridgehead atoms. The number of ether oxygens (including phenoxy) is 2. The zero-order valence-corrected chi connectivity index (χ0v) is 10.7. The van der Waals surface area contributed by atoms with E-state index >= 15 is 0 Å². The maximum absolute atomic E-state index is 13.8. The lowest BCUT2D eigenvalue weighted by molar-refractivity contribution is 0.274. The van der Waals surface area contributed by atoms with Crippen LogP contribution in [0, 0.1) is 5.82 Å². The van der Waals surface area contributed by atoms with E-state index in [4.69, 9.17) is 9.47 Å². The predicted octanol–water partition coefficient (Wildman–Crippen LogP) is 2.40. The van der Waals surface area contributed by atoms with E-state index in [0.717, 1.165) is 6.20 Å². The first kappa shape index (κ1) is 13.3.